The predicted molar refractivity (Wildman–Crippen MR) is 118 cm³/mol. The summed E-state index contributed by atoms with van der Waals surface area (Å²) in [5, 5.41) is 2.92. The fourth-order valence-electron chi connectivity index (χ4n) is 2.79. The number of halogens is 1. The van der Waals surface area contributed by atoms with Crippen molar-refractivity contribution in [1.29, 1.82) is 0 Å². The van der Waals surface area contributed by atoms with Gasteiger partial charge in [0.1, 0.15) is 0 Å². The average molecular weight is 473 g/mol. The van der Waals surface area contributed by atoms with E-state index in [9.17, 15) is 13.2 Å². The summed E-state index contributed by atoms with van der Waals surface area (Å²) in [5.41, 5.74) is 2.72. The molecule has 0 aliphatic heterocycles. The molecule has 0 heterocycles. The monoisotopic (exact) mass is 472 g/mol. The molecule has 0 aliphatic rings. The van der Waals surface area contributed by atoms with Crippen LogP contribution in [0.15, 0.2) is 82.2 Å². The number of amides is 1. The fraction of sp³-hybridized carbons (Fsp3) is 0.136. The molecule has 3 aromatic rings. The van der Waals surface area contributed by atoms with Crippen molar-refractivity contribution >= 4 is 37.5 Å². The third-order valence-electron chi connectivity index (χ3n) is 4.53. The molecule has 0 bridgehead atoms. The molecule has 3 rings (SSSR count). The topological polar surface area (TPSA) is 75.3 Å². The molecule has 29 heavy (non-hydrogen) atoms. The molecule has 0 fully saturated rings. The Labute approximate surface area is 179 Å². The molecule has 3 aromatic carbocycles. The number of para-hydroxylation sites is 1. The van der Waals surface area contributed by atoms with Crippen molar-refractivity contribution < 1.29 is 13.2 Å². The van der Waals surface area contributed by atoms with Gasteiger partial charge in [-0.2, -0.15) is 0 Å². The summed E-state index contributed by atoms with van der Waals surface area (Å²) < 4.78 is 28.8. The van der Waals surface area contributed by atoms with E-state index in [0.717, 1.165) is 15.6 Å². The van der Waals surface area contributed by atoms with E-state index in [1.54, 1.807) is 12.1 Å². The Balaban J connectivity index is 1.71. The maximum atomic E-state index is 12.6. The summed E-state index contributed by atoms with van der Waals surface area (Å²) in [6, 6.07) is 20.5. The number of rotatable bonds is 6. The number of nitrogens with one attached hydrogen (secondary N) is 2. The van der Waals surface area contributed by atoms with E-state index in [2.05, 4.69) is 26.0 Å². The first-order valence-corrected chi connectivity index (χ1v) is 11.3. The molecule has 0 saturated carbocycles. The number of carbonyl (C=O) groups is 1. The van der Waals surface area contributed by atoms with Gasteiger partial charge in [0, 0.05) is 10.0 Å². The normalized spacial score (nSPS) is 12.2. The molecule has 7 heteroatoms. The summed E-state index contributed by atoms with van der Waals surface area (Å²) in [5.74, 6) is -0.267. The standard InChI is InChI=1S/C22H21BrN2O3S/c1-15-5-3-4-6-21(15)25-29(27,28)20-13-9-18(10-14-20)22(26)24-16(2)17-7-11-19(23)12-8-17/h3-14,16,25H,1-2H3,(H,24,26)/t16-/m1/s1. The predicted octanol–water partition coefficient (Wildman–Crippen LogP) is 5.05. The van der Waals surface area contributed by atoms with Crippen LogP contribution in [0, 0.1) is 6.92 Å². The summed E-state index contributed by atoms with van der Waals surface area (Å²) in [6.45, 7) is 3.73. The molecule has 2 N–H and O–H groups in total. The number of aryl methyl sites for hydroxylation is 1. The molecule has 0 saturated heterocycles. The number of anilines is 1. The van der Waals surface area contributed by atoms with Crippen LogP contribution in [-0.2, 0) is 10.0 Å². The van der Waals surface area contributed by atoms with E-state index in [1.807, 2.05) is 50.2 Å². The molecule has 1 amide bonds. The molecule has 1 atom stereocenters. The van der Waals surface area contributed by atoms with E-state index in [-0.39, 0.29) is 16.8 Å². The first-order valence-electron chi connectivity index (χ1n) is 9.01. The quantitative estimate of drug-likeness (QED) is 0.526. The second-order valence-corrected chi connectivity index (χ2v) is 9.29. The van der Waals surface area contributed by atoms with Gasteiger partial charge in [-0.15, -0.1) is 0 Å². The molecule has 0 aromatic heterocycles. The van der Waals surface area contributed by atoms with Crippen LogP contribution in [0.4, 0.5) is 5.69 Å². The Bertz CT molecular complexity index is 1110. The number of carbonyl (C=O) groups excluding carboxylic acids is 1. The zero-order valence-electron chi connectivity index (χ0n) is 16.0. The molecule has 0 spiro atoms. The first kappa shape index (κ1) is 21.1. The summed E-state index contributed by atoms with van der Waals surface area (Å²) in [4.78, 5) is 12.6. The van der Waals surface area contributed by atoms with Crippen LogP contribution in [-0.4, -0.2) is 14.3 Å². The van der Waals surface area contributed by atoms with E-state index < -0.39 is 10.0 Å². The van der Waals surface area contributed by atoms with Crippen LogP contribution in [0.1, 0.15) is 34.5 Å². The highest BCUT2D eigenvalue weighted by Crippen LogP contribution is 2.20. The molecule has 0 unspecified atom stereocenters. The van der Waals surface area contributed by atoms with Crippen molar-refractivity contribution in [2.75, 3.05) is 4.72 Å². The maximum absolute atomic E-state index is 12.6. The second kappa shape index (κ2) is 8.80. The highest BCUT2D eigenvalue weighted by molar-refractivity contribution is 9.10. The lowest BCUT2D eigenvalue weighted by Crippen LogP contribution is -2.26. The summed E-state index contributed by atoms with van der Waals surface area (Å²) in [6.07, 6.45) is 0. The third-order valence-corrected chi connectivity index (χ3v) is 6.44. The Kier molecular flexibility index (Phi) is 6.39. The average Bonchev–Trinajstić information content (AvgIpc) is 2.70. The van der Waals surface area contributed by atoms with E-state index >= 15 is 0 Å². The van der Waals surface area contributed by atoms with Crippen molar-refractivity contribution in [3.63, 3.8) is 0 Å². The van der Waals surface area contributed by atoms with Gasteiger partial charge in [-0.25, -0.2) is 8.42 Å². The van der Waals surface area contributed by atoms with Crippen LogP contribution in [0.5, 0.6) is 0 Å². The van der Waals surface area contributed by atoms with Gasteiger partial charge in [0.2, 0.25) is 0 Å². The Morgan fingerprint density at radius 1 is 0.931 bits per heavy atom. The SMILES string of the molecule is Cc1ccccc1NS(=O)(=O)c1ccc(C(=O)N[C@H](C)c2ccc(Br)cc2)cc1. The van der Waals surface area contributed by atoms with Gasteiger partial charge >= 0.3 is 0 Å². The smallest absolute Gasteiger partial charge is 0.261 e. The number of hydrogen-bond acceptors (Lipinski definition) is 3. The van der Waals surface area contributed by atoms with Crippen molar-refractivity contribution in [1.82, 2.24) is 5.32 Å². The molecule has 0 aliphatic carbocycles. The van der Waals surface area contributed by atoms with Gasteiger partial charge in [0.25, 0.3) is 15.9 Å². The Morgan fingerprint density at radius 2 is 1.55 bits per heavy atom. The van der Waals surface area contributed by atoms with Crippen molar-refractivity contribution in [2.45, 2.75) is 24.8 Å². The lowest BCUT2D eigenvalue weighted by molar-refractivity contribution is 0.0940. The van der Waals surface area contributed by atoms with E-state index in [0.29, 0.717) is 11.3 Å². The molecule has 0 radical (unpaired) electrons. The first-order chi connectivity index (χ1) is 13.8. The molecular formula is C22H21BrN2O3S. The number of hydrogen-bond donors (Lipinski definition) is 2. The van der Waals surface area contributed by atoms with Crippen LogP contribution in [0.25, 0.3) is 0 Å². The van der Waals surface area contributed by atoms with Crippen molar-refractivity contribution in [3.8, 4) is 0 Å². The molecular weight excluding hydrogens is 452 g/mol. The van der Waals surface area contributed by atoms with Gasteiger partial charge in [-0.1, -0.05) is 46.3 Å². The van der Waals surface area contributed by atoms with Crippen molar-refractivity contribution in [2.24, 2.45) is 0 Å². The molecule has 150 valence electrons. The zero-order chi connectivity index (χ0) is 21.0. The van der Waals surface area contributed by atoms with Crippen LogP contribution in [0.3, 0.4) is 0 Å². The van der Waals surface area contributed by atoms with Gasteiger partial charge in [-0.3, -0.25) is 9.52 Å². The molecule has 5 nitrogen and oxygen atoms in total. The highest BCUT2D eigenvalue weighted by atomic mass is 79.9. The lowest BCUT2D eigenvalue weighted by atomic mass is 10.1. The summed E-state index contributed by atoms with van der Waals surface area (Å²) in [7, 11) is -3.73. The minimum Gasteiger partial charge on any atom is -0.346 e. The zero-order valence-corrected chi connectivity index (χ0v) is 18.4. The Morgan fingerprint density at radius 3 is 2.17 bits per heavy atom. The minimum absolute atomic E-state index is 0.0956. The van der Waals surface area contributed by atoms with Crippen LogP contribution in [0.2, 0.25) is 0 Å². The van der Waals surface area contributed by atoms with E-state index in [1.165, 1.54) is 24.3 Å². The second-order valence-electron chi connectivity index (χ2n) is 6.69. The third kappa shape index (κ3) is 5.25. The van der Waals surface area contributed by atoms with Gasteiger partial charge in [0.15, 0.2) is 0 Å². The number of sulfonamides is 1. The van der Waals surface area contributed by atoms with Gasteiger partial charge in [-0.05, 0) is 67.4 Å². The van der Waals surface area contributed by atoms with Gasteiger partial charge in [0.05, 0.1) is 16.6 Å². The largest absolute Gasteiger partial charge is 0.346 e. The minimum atomic E-state index is -3.73. The highest BCUT2D eigenvalue weighted by Gasteiger charge is 2.17. The summed E-state index contributed by atoms with van der Waals surface area (Å²) >= 11 is 3.39. The van der Waals surface area contributed by atoms with E-state index in [4.69, 9.17) is 0 Å². The fourth-order valence-corrected chi connectivity index (χ4v) is 4.19. The number of benzene rings is 3. The van der Waals surface area contributed by atoms with Crippen LogP contribution >= 0.6 is 15.9 Å². The Hall–Kier alpha value is -2.64. The van der Waals surface area contributed by atoms with Crippen molar-refractivity contribution in [3.05, 3.63) is 94.0 Å². The van der Waals surface area contributed by atoms with Gasteiger partial charge < -0.3 is 5.32 Å². The lowest BCUT2D eigenvalue weighted by Gasteiger charge is -2.15. The van der Waals surface area contributed by atoms with Crippen LogP contribution < -0.4 is 10.0 Å². The maximum Gasteiger partial charge on any atom is 0.261 e.